The molecule has 1 aliphatic carbocycles. The minimum Gasteiger partial charge on any atom is -0.346 e. The van der Waals surface area contributed by atoms with Crippen LogP contribution in [0.4, 0.5) is 13.2 Å². The number of carbonyl (C=O) groups excluding carboxylic acids is 2. The van der Waals surface area contributed by atoms with Crippen LogP contribution in [0.2, 0.25) is 0 Å². The van der Waals surface area contributed by atoms with Crippen LogP contribution in [0.3, 0.4) is 0 Å². The number of pyridine rings is 1. The van der Waals surface area contributed by atoms with E-state index in [2.05, 4.69) is 10.3 Å². The zero-order valence-electron chi connectivity index (χ0n) is 16.3. The molecule has 1 N–H and O–H groups in total. The Hall–Kier alpha value is -2.70. The Morgan fingerprint density at radius 1 is 1.21 bits per heavy atom. The highest BCUT2D eigenvalue weighted by atomic mass is 19.4. The quantitative estimate of drug-likeness (QED) is 0.720. The predicted octanol–water partition coefficient (Wildman–Crippen LogP) is 4.81. The number of ketones is 1. The van der Waals surface area contributed by atoms with Gasteiger partial charge in [-0.1, -0.05) is 12.1 Å². The molecule has 0 bridgehead atoms. The number of amides is 1. The number of nitrogens with one attached hydrogen (secondary N) is 1. The van der Waals surface area contributed by atoms with E-state index in [0.29, 0.717) is 34.9 Å². The maximum absolute atomic E-state index is 12.9. The molecule has 1 aliphatic rings. The van der Waals surface area contributed by atoms with Gasteiger partial charge in [-0.25, -0.2) is 0 Å². The van der Waals surface area contributed by atoms with Crippen molar-refractivity contribution < 1.29 is 22.8 Å². The van der Waals surface area contributed by atoms with Crippen LogP contribution in [0.5, 0.6) is 0 Å². The Labute approximate surface area is 167 Å². The van der Waals surface area contributed by atoms with Crippen molar-refractivity contribution in [1.82, 2.24) is 10.3 Å². The van der Waals surface area contributed by atoms with Crippen molar-refractivity contribution in [3.63, 3.8) is 0 Å². The van der Waals surface area contributed by atoms with E-state index >= 15 is 0 Å². The molecule has 1 saturated carbocycles. The zero-order chi connectivity index (χ0) is 21.2. The molecule has 1 aromatic heterocycles. The van der Waals surface area contributed by atoms with E-state index in [9.17, 15) is 22.8 Å². The van der Waals surface area contributed by atoms with Crippen molar-refractivity contribution in [2.45, 2.75) is 51.7 Å². The smallest absolute Gasteiger partial charge is 0.346 e. The zero-order valence-corrected chi connectivity index (χ0v) is 16.3. The van der Waals surface area contributed by atoms with Gasteiger partial charge in [-0.2, -0.15) is 13.2 Å². The first-order chi connectivity index (χ1) is 13.6. The second-order valence-corrected chi connectivity index (χ2v) is 7.67. The number of aromatic nitrogens is 1. The Bertz CT molecular complexity index is 921. The van der Waals surface area contributed by atoms with Crippen LogP contribution in [0.25, 0.3) is 0 Å². The van der Waals surface area contributed by atoms with Crippen LogP contribution in [0.15, 0.2) is 36.4 Å². The average molecular weight is 404 g/mol. The Balaban J connectivity index is 1.70. The Morgan fingerprint density at radius 3 is 2.59 bits per heavy atom. The van der Waals surface area contributed by atoms with Gasteiger partial charge in [0.2, 0.25) is 0 Å². The number of hydrogen-bond acceptors (Lipinski definition) is 3. The van der Waals surface area contributed by atoms with Crippen LogP contribution in [0, 0.1) is 12.8 Å². The molecule has 1 amide bonds. The topological polar surface area (TPSA) is 59.1 Å². The monoisotopic (exact) mass is 404 g/mol. The van der Waals surface area contributed by atoms with Gasteiger partial charge in [-0.15, -0.1) is 0 Å². The summed E-state index contributed by atoms with van der Waals surface area (Å²) in [7, 11) is 0. The summed E-state index contributed by atoms with van der Waals surface area (Å²) in [5.41, 5.74) is 1.09. The van der Waals surface area contributed by atoms with Crippen LogP contribution in [-0.2, 0) is 17.4 Å². The van der Waals surface area contributed by atoms with Gasteiger partial charge in [0.05, 0.1) is 11.6 Å². The minimum atomic E-state index is -4.44. The van der Waals surface area contributed by atoms with Gasteiger partial charge in [0.1, 0.15) is 5.78 Å². The number of rotatable bonds is 7. The number of nitrogens with zero attached hydrogens (tertiary/aromatic N) is 1. The molecule has 0 unspecified atom stereocenters. The van der Waals surface area contributed by atoms with Crippen molar-refractivity contribution in [2.75, 3.05) is 0 Å². The molecule has 29 heavy (non-hydrogen) atoms. The predicted molar refractivity (Wildman–Crippen MR) is 102 cm³/mol. The summed E-state index contributed by atoms with van der Waals surface area (Å²) in [6, 6.07) is 7.45. The van der Waals surface area contributed by atoms with E-state index in [1.165, 1.54) is 6.07 Å². The third-order valence-electron chi connectivity index (χ3n) is 4.92. The van der Waals surface area contributed by atoms with E-state index in [1.807, 2.05) is 0 Å². The maximum atomic E-state index is 12.9. The van der Waals surface area contributed by atoms with Crippen molar-refractivity contribution in [3.8, 4) is 0 Å². The molecule has 2 aromatic rings. The minimum absolute atomic E-state index is 0.106. The van der Waals surface area contributed by atoms with E-state index in [0.717, 1.165) is 25.0 Å². The first-order valence-electron chi connectivity index (χ1n) is 9.59. The summed E-state index contributed by atoms with van der Waals surface area (Å²) in [4.78, 5) is 29.1. The van der Waals surface area contributed by atoms with Crippen molar-refractivity contribution in [3.05, 3.63) is 64.5 Å². The second-order valence-electron chi connectivity index (χ2n) is 7.67. The highest BCUT2D eigenvalue weighted by Crippen LogP contribution is 2.33. The lowest BCUT2D eigenvalue weighted by Gasteiger charge is -2.17. The highest BCUT2D eigenvalue weighted by Gasteiger charge is 2.31. The van der Waals surface area contributed by atoms with E-state index in [-0.39, 0.29) is 12.2 Å². The summed E-state index contributed by atoms with van der Waals surface area (Å²) in [5.74, 6) is 0.175. The van der Waals surface area contributed by atoms with E-state index in [4.69, 9.17) is 0 Å². The second kappa shape index (κ2) is 8.35. The Morgan fingerprint density at radius 2 is 1.93 bits per heavy atom. The molecule has 3 rings (SSSR count). The number of hydrogen-bond donors (Lipinski definition) is 1. The number of halogens is 3. The summed E-state index contributed by atoms with van der Waals surface area (Å²) in [5, 5.41) is 2.72. The third-order valence-corrected chi connectivity index (χ3v) is 4.92. The van der Waals surface area contributed by atoms with Gasteiger partial charge >= 0.3 is 6.18 Å². The fourth-order valence-corrected chi connectivity index (χ4v) is 3.22. The summed E-state index contributed by atoms with van der Waals surface area (Å²) < 4.78 is 38.7. The number of aryl methyl sites for hydroxylation is 1. The molecule has 0 radical (unpaired) electrons. The first-order valence-corrected chi connectivity index (χ1v) is 9.59. The molecule has 0 saturated heterocycles. The molecule has 1 fully saturated rings. The van der Waals surface area contributed by atoms with Gasteiger partial charge in [0.25, 0.3) is 5.91 Å². The Kier molecular flexibility index (Phi) is 6.05. The SMILES string of the molecule is Cc1cc(C(=O)N[C@H](C)c2cccc(C(F)(F)F)c2)cc(CC(=O)CC2CC2)n1. The maximum Gasteiger partial charge on any atom is 0.416 e. The molecule has 154 valence electrons. The van der Waals surface area contributed by atoms with Gasteiger partial charge in [-0.3, -0.25) is 14.6 Å². The lowest BCUT2D eigenvalue weighted by atomic mass is 10.0. The standard InChI is InChI=1S/C22H23F3N2O2/c1-13-8-17(11-19(26-13)12-20(28)9-15-6-7-15)21(29)27-14(2)16-4-3-5-18(10-16)22(23,24)25/h3-5,8,10-11,14-15H,6-7,9,12H2,1-2H3,(H,27,29)/t14-/m1/s1. The molecule has 0 spiro atoms. The number of benzene rings is 1. The fourth-order valence-electron chi connectivity index (χ4n) is 3.22. The summed E-state index contributed by atoms with van der Waals surface area (Å²) in [6.07, 6.45) is -1.53. The first kappa shape index (κ1) is 21.0. The molecule has 4 nitrogen and oxygen atoms in total. The van der Waals surface area contributed by atoms with Crippen molar-refractivity contribution in [1.29, 1.82) is 0 Å². The van der Waals surface area contributed by atoms with Crippen LogP contribution in [0.1, 0.15) is 65.1 Å². The molecular weight excluding hydrogens is 381 g/mol. The van der Waals surface area contributed by atoms with E-state index < -0.39 is 23.7 Å². The normalized spacial score (nSPS) is 15.1. The number of alkyl halides is 3. The molecular formula is C22H23F3N2O2. The summed E-state index contributed by atoms with van der Waals surface area (Å²) >= 11 is 0. The van der Waals surface area contributed by atoms with Gasteiger partial charge in [-0.05, 0) is 62.4 Å². The molecule has 1 heterocycles. The van der Waals surface area contributed by atoms with Crippen LogP contribution >= 0.6 is 0 Å². The van der Waals surface area contributed by atoms with Gasteiger partial charge in [0, 0.05) is 29.8 Å². The van der Waals surface area contributed by atoms with E-state index in [1.54, 1.807) is 32.0 Å². The molecule has 1 aromatic carbocycles. The number of carbonyl (C=O) groups is 2. The molecule has 0 aliphatic heterocycles. The third kappa shape index (κ3) is 5.89. The largest absolute Gasteiger partial charge is 0.416 e. The lowest BCUT2D eigenvalue weighted by molar-refractivity contribution is -0.137. The van der Waals surface area contributed by atoms with Crippen molar-refractivity contribution in [2.24, 2.45) is 5.92 Å². The summed E-state index contributed by atoms with van der Waals surface area (Å²) in [6.45, 7) is 3.36. The van der Waals surface area contributed by atoms with Gasteiger partial charge in [0.15, 0.2) is 0 Å². The number of Topliss-reactive ketones (excluding diaryl/α,β-unsaturated/α-hetero) is 1. The van der Waals surface area contributed by atoms with Crippen molar-refractivity contribution >= 4 is 11.7 Å². The van der Waals surface area contributed by atoms with Gasteiger partial charge < -0.3 is 5.32 Å². The fraction of sp³-hybridized carbons (Fsp3) is 0.409. The highest BCUT2D eigenvalue weighted by molar-refractivity contribution is 5.95. The van der Waals surface area contributed by atoms with Crippen LogP contribution < -0.4 is 5.32 Å². The van der Waals surface area contributed by atoms with Crippen LogP contribution in [-0.4, -0.2) is 16.7 Å². The lowest BCUT2D eigenvalue weighted by Crippen LogP contribution is -2.27. The average Bonchev–Trinajstić information content (AvgIpc) is 3.44. The molecule has 7 heteroatoms. The molecule has 1 atom stereocenters.